The van der Waals surface area contributed by atoms with E-state index in [1.807, 2.05) is 18.4 Å². The van der Waals surface area contributed by atoms with Crippen LogP contribution >= 0.6 is 0 Å². The third kappa shape index (κ3) is 3.64. The molecule has 1 aromatic carbocycles. The van der Waals surface area contributed by atoms with E-state index < -0.39 is 15.8 Å². The Labute approximate surface area is 123 Å². The first-order chi connectivity index (χ1) is 9.92. The number of aromatic nitrogens is 3. The van der Waals surface area contributed by atoms with Gasteiger partial charge in [0.1, 0.15) is 22.9 Å². The average Bonchev–Trinajstić information content (AvgIpc) is 2.87. The first-order valence-corrected chi connectivity index (χ1v) is 8.02. The molecule has 0 unspecified atom stereocenters. The van der Waals surface area contributed by atoms with Crippen molar-refractivity contribution in [2.75, 3.05) is 6.54 Å². The van der Waals surface area contributed by atoms with Crippen LogP contribution in [0.4, 0.5) is 4.39 Å². The molecular weight excluding hydrogens is 295 g/mol. The summed E-state index contributed by atoms with van der Waals surface area (Å²) in [6.45, 7) is 4.09. The van der Waals surface area contributed by atoms with Crippen molar-refractivity contribution < 1.29 is 12.8 Å². The second-order valence-corrected chi connectivity index (χ2v) is 6.56. The lowest BCUT2D eigenvalue weighted by Crippen LogP contribution is -2.27. The van der Waals surface area contributed by atoms with Gasteiger partial charge in [0.25, 0.3) is 0 Å². The Bertz CT molecular complexity index is 712. The fraction of sp³-hybridized carbons (Fsp3) is 0.385. The molecule has 0 spiro atoms. The van der Waals surface area contributed by atoms with E-state index in [1.165, 1.54) is 18.2 Å². The van der Waals surface area contributed by atoms with E-state index >= 15 is 0 Å². The van der Waals surface area contributed by atoms with Gasteiger partial charge in [0.05, 0.1) is 0 Å². The number of nitrogens with one attached hydrogen (secondary N) is 1. The fourth-order valence-electron chi connectivity index (χ4n) is 1.91. The lowest BCUT2D eigenvalue weighted by atomic mass is 10.3. The van der Waals surface area contributed by atoms with Crippen LogP contribution in [0.3, 0.4) is 0 Å². The van der Waals surface area contributed by atoms with Crippen LogP contribution in [0, 0.1) is 5.82 Å². The van der Waals surface area contributed by atoms with Crippen LogP contribution in [0.5, 0.6) is 0 Å². The molecule has 0 radical (unpaired) electrons. The van der Waals surface area contributed by atoms with Gasteiger partial charge in [-0.3, -0.25) is 0 Å². The van der Waals surface area contributed by atoms with E-state index in [0.29, 0.717) is 12.2 Å². The van der Waals surface area contributed by atoms with E-state index in [4.69, 9.17) is 0 Å². The van der Waals surface area contributed by atoms with Crippen LogP contribution in [0.2, 0.25) is 0 Å². The molecule has 8 heteroatoms. The van der Waals surface area contributed by atoms with Crippen molar-refractivity contribution >= 4 is 10.0 Å². The van der Waals surface area contributed by atoms with Crippen LogP contribution in [0.1, 0.15) is 25.7 Å². The molecule has 0 saturated heterocycles. The Morgan fingerprint density at radius 1 is 1.33 bits per heavy atom. The highest BCUT2D eigenvalue weighted by molar-refractivity contribution is 7.89. The standard InChI is InChI=1S/C13H17FN4O2S/c1-10(2)18-9-15-17-13(18)7-8-16-21(19,20)12-6-4-3-5-11(12)14/h3-6,9-10,16H,7-8H2,1-2H3. The predicted molar refractivity (Wildman–Crippen MR) is 75.7 cm³/mol. The lowest BCUT2D eigenvalue weighted by Gasteiger charge is -2.10. The van der Waals surface area contributed by atoms with Crippen LogP contribution in [-0.2, 0) is 16.4 Å². The highest BCUT2D eigenvalue weighted by Gasteiger charge is 2.18. The zero-order valence-electron chi connectivity index (χ0n) is 11.8. The molecule has 1 aromatic heterocycles. The molecule has 2 aromatic rings. The van der Waals surface area contributed by atoms with Crippen LogP contribution in [-0.4, -0.2) is 29.7 Å². The number of sulfonamides is 1. The Morgan fingerprint density at radius 3 is 2.71 bits per heavy atom. The molecule has 114 valence electrons. The van der Waals surface area contributed by atoms with Gasteiger partial charge in [0, 0.05) is 19.0 Å². The van der Waals surface area contributed by atoms with Gasteiger partial charge in [-0.25, -0.2) is 17.5 Å². The van der Waals surface area contributed by atoms with Crippen molar-refractivity contribution in [1.29, 1.82) is 0 Å². The SMILES string of the molecule is CC(C)n1cnnc1CCNS(=O)(=O)c1ccccc1F. The summed E-state index contributed by atoms with van der Waals surface area (Å²) in [5, 5.41) is 7.76. The molecule has 1 heterocycles. The maximum atomic E-state index is 13.5. The van der Waals surface area contributed by atoms with Crippen LogP contribution < -0.4 is 4.72 Å². The number of hydrogen-bond acceptors (Lipinski definition) is 4. The minimum atomic E-state index is -3.86. The van der Waals surface area contributed by atoms with Crippen molar-refractivity contribution in [3.05, 3.63) is 42.2 Å². The van der Waals surface area contributed by atoms with E-state index in [9.17, 15) is 12.8 Å². The third-order valence-electron chi connectivity index (χ3n) is 2.97. The predicted octanol–water partition coefficient (Wildman–Crippen LogP) is 1.52. The zero-order valence-corrected chi connectivity index (χ0v) is 12.6. The largest absolute Gasteiger partial charge is 0.315 e. The molecule has 0 fully saturated rings. The summed E-state index contributed by atoms with van der Waals surface area (Å²) in [5.74, 6) is -0.0865. The first kappa shape index (κ1) is 15.6. The summed E-state index contributed by atoms with van der Waals surface area (Å²) in [4.78, 5) is -0.352. The van der Waals surface area contributed by atoms with Crippen molar-refractivity contribution in [2.45, 2.75) is 31.2 Å². The maximum absolute atomic E-state index is 13.5. The molecule has 0 aliphatic heterocycles. The Balaban J connectivity index is 2.03. The van der Waals surface area contributed by atoms with E-state index in [2.05, 4.69) is 14.9 Å². The van der Waals surface area contributed by atoms with Gasteiger partial charge >= 0.3 is 0 Å². The molecule has 6 nitrogen and oxygen atoms in total. The molecular formula is C13H17FN4O2S. The second kappa shape index (κ2) is 6.31. The van der Waals surface area contributed by atoms with Gasteiger partial charge in [0.15, 0.2) is 0 Å². The molecule has 2 rings (SSSR count). The van der Waals surface area contributed by atoms with E-state index in [1.54, 1.807) is 6.33 Å². The number of benzene rings is 1. The maximum Gasteiger partial charge on any atom is 0.243 e. The molecule has 0 aliphatic rings. The molecule has 0 atom stereocenters. The number of rotatable bonds is 6. The minimum Gasteiger partial charge on any atom is -0.315 e. The quantitative estimate of drug-likeness (QED) is 0.877. The van der Waals surface area contributed by atoms with Crippen molar-refractivity contribution in [2.24, 2.45) is 0 Å². The van der Waals surface area contributed by atoms with Crippen molar-refractivity contribution in [3.63, 3.8) is 0 Å². The molecule has 0 bridgehead atoms. The Hall–Kier alpha value is -1.80. The molecule has 1 N–H and O–H groups in total. The summed E-state index contributed by atoms with van der Waals surface area (Å²) >= 11 is 0. The van der Waals surface area contributed by atoms with Gasteiger partial charge in [0.2, 0.25) is 10.0 Å². The summed E-state index contributed by atoms with van der Waals surface area (Å²) < 4.78 is 41.8. The van der Waals surface area contributed by atoms with Gasteiger partial charge < -0.3 is 4.57 Å². The summed E-state index contributed by atoms with van der Waals surface area (Å²) in [5.41, 5.74) is 0. The van der Waals surface area contributed by atoms with Gasteiger partial charge in [-0.2, -0.15) is 0 Å². The molecule has 0 aliphatic carbocycles. The van der Waals surface area contributed by atoms with Gasteiger partial charge in [-0.1, -0.05) is 12.1 Å². The van der Waals surface area contributed by atoms with Crippen molar-refractivity contribution in [1.82, 2.24) is 19.5 Å². The van der Waals surface area contributed by atoms with Crippen molar-refractivity contribution in [3.8, 4) is 0 Å². The fourth-order valence-corrected chi connectivity index (χ4v) is 3.02. The normalized spacial score (nSPS) is 12.0. The third-order valence-corrected chi connectivity index (χ3v) is 4.46. The molecule has 0 saturated carbocycles. The Kier molecular flexibility index (Phi) is 4.69. The average molecular weight is 312 g/mol. The van der Waals surface area contributed by atoms with Crippen LogP contribution in [0.25, 0.3) is 0 Å². The minimum absolute atomic E-state index is 0.127. The lowest BCUT2D eigenvalue weighted by molar-refractivity contribution is 0.549. The Morgan fingerprint density at radius 2 is 2.05 bits per heavy atom. The summed E-state index contributed by atoms with van der Waals surface area (Å²) in [6, 6.07) is 5.46. The second-order valence-electron chi connectivity index (χ2n) is 4.83. The highest BCUT2D eigenvalue weighted by atomic mass is 32.2. The van der Waals surface area contributed by atoms with Gasteiger partial charge in [-0.15, -0.1) is 10.2 Å². The zero-order chi connectivity index (χ0) is 15.5. The molecule has 0 amide bonds. The number of nitrogens with zero attached hydrogens (tertiary/aromatic N) is 3. The van der Waals surface area contributed by atoms with Crippen LogP contribution in [0.15, 0.2) is 35.5 Å². The van der Waals surface area contributed by atoms with E-state index in [-0.39, 0.29) is 17.5 Å². The highest BCUT2D eigenvalue weighted by Crippen LogP contribution is 2.13. The summed E-state index contributed by atoms with van der Waals surface area (Å²) in [7, 11) is -3.86. The smallest absolute Gasteiger partial charge is 0.243 e. The number of halogens is 1. The number of hydrogen-bond donors (Lipinski definition) is 1. The van der Waals surface area contributed by atoms with E-state index in [0.717, 1.165) is 6.07 Å². The topological polar surface area (TPSA) is 76.9 Å². The summed E-state index contributed by atoms with van der Waals surface area (Å²) in [6.07, 6.45) is 1.98. The van der Waals surface area contributed by atoms with Gasteiger partial charge in [-0.05, 0) is 26.0 Å². The molecule has 21 heavy (non-hydrogen) atoms. The first-order valence-electron chi connectivity index (χ1n) is 6.54. The monoisotopic (exact) mass is 312 g/mol.